The van der Waals surface area contributed by atoms with Crippen molar-refractivity contribution in [2.24, 2.45) is 0 Å². The second-order valence-electron chi connectivity index (χ2n) is 9.37. The van der Waals surface area contributed by atoms with Gasteiger partial charge in [-0.15, -0.1) is 0 Å². The largest absolute Gasteiger partial charge is 0.390 e. The van der Waals surface area contributed by atoms with E-state index in [0.29, 0.717) is 0 Å². The molecule has 0 aromatic carbocycles. The van der Waals surface area contributed by atoms with Crippen molar-refractivity contribution < 1.29 is 28.7 Å². The van der Waals surface area contributed by atoms with E-state index in [2.05, 4.69) is 20.8 Å². The molecule has 0 aromatic rings. The maximum absolute atomic E-state index is 12.4. The Morgan fingerprint density at radius 3 is 2.36 bits per heavy atom. The minimum Gasteiger partial charge on any atom is -0.390 e. The Kier molecular flexibility index (Phi) is 4.06. The molecule has 2 heterocycles. The van der Waals surface area contributed by atoms with Gasteiger partial charge in [0.15, 0.2) is 11.6 Å². The first-order valence-corrected chi connectivity index (χ1v) is 11.7. The SMILES string of the molecule is CC1(C)OC2C(=O)CC(O)C3(CC(=O)N3O[Si](C)(C)C(C)(C)C)C2O1. The summed E-state index contributed by atoms with van der Waals surface area (Å²) in [4.78, 5) is 24.8. The number of carbonyl (C=O) groups is 2. The predicted molar refractivity (Wildman–Crippen MR) is 91.9 cm³/mol. The molecule has 3 aliphatic rings. The first kappa shape index (κ1) is 19.0. The maximum atomic E-state index is 12.4. The van der Waals surface area contributed by atoms with Gasteiger partial charge in [-0.2, -0.15) is 0 Å². The minimum atomic E-state index is -2.30. The van der Waals surface area contributed by atoms with E-state index in [1.54, 1.807) is 13.8 Å². The molecule has 1 spiro atoms. The van der Waals surface area contributed by atoms with E-state index in [-0.39, 0.29) is 29.6 Å². The fraction of sp³-hybridized carbons (Fsp3) is 0.882. The number of β-lactam (4-membered cyclic amide) rings is 1. The molecule has 1 saturated carbocycles. The molecule has 1 N–H and O–H groups in total. The van der Waals surface area contributed by atoms with Crippen LogP contribution in [0.4, 0.5) is 0 Å². The summed E-state index contributed by atoms with van der Waals surface area (Å²) >= 11 is 0. The lowest BCUT2D eigenvalue weighted by Crippen LogP contribution is -2.79. The number of hydrogen-bond acceptors (Lipinski definition) is 6. The second kappa shape index (κ2) is 5.36. The molecule has 0 bridgehead atoms. The quantitative estimate of drug-likeness (QED) is 0.588. The molecule has 0 aromatic heterocycles. The highest BCUT2D eigenvalue weighted by molar-refractivity contribution is 6.74. The third-order valence-corrected chi connectivity index (χ3v) is 10.3. The molecule has 7 nitrogen and oxygen atoms in total. The van der Waals surface area contributed by atoms with E-state index < -0.39 is 38.0 Å². The van der Waals surface area contributed by atoms with Gasteiger partial charge in [0.2, 0.25) is 14.2 Å². The topological polar surface area (TPSA) is 85.3 Å². The molecule has 0 radical (unpaired) electrons. The van der Waals surface area contributed by atoms with Gasteiger partial charge >= 0.3 is 0 Å². The summed E-state index contributed by atoms with van der Waals surface area (Å²) < 4.78 is 18.0. The first-order valence-electron chi connectivity index (χ1n) is 8.80. The molecule has 2 aliphatic heterocycles. The number of hydroxylamine groups is 2. The number of amides is 1. The highest BCUT2D eigenvalue weighted by atomic mass is 28.4. The molecular formula is C17H29NO6Si. The molecule has 2 saturated heterocycles. The molecule has 4 unspecified atom stereocenters. The number of hydrogen-bond donors (Lipinski definition) is 1. The Morgan fingerprint density at radius 2 is 1.84 bits per heavy atom. The van der Waals surface area contributed by atoms with Gasteiger partial charge in [0, 0.05) is 6.42 Å². The average Bonchev–Trinajstić information content (AvgIpc) is 2.76. The van der Waals surface area contributed by atoms with Crippen LogP contribution >= 0.6 is 0 Å². The third-order valence-electron chi connectivity index (χ3n) is 6.04. The van der Waals surface area contributed by atoms with E-state index in [1.165, 1.54) is 5.06 Å². The van der Waals surface area contributed by atoms with Gasteiger partial charge in [-0.05, 0) is 32.0 Å². The van der Waals surface area contributed by atoms with E-state index in [4.69, 9.17) is 14.0 Å². The van der Waals surface area contributed by atoms with Crippen molar-refractivity contribution in [2.75, 3.05) is 0 Å². The molecule has 25 heavy (non-hydrogen) atoms. The molecule has 1 aliphatic carbocycles. The van der Waals surface area contributed by atoms with Crippen LogP contribution in [0.2, 0.25) is 18.1 Å². The molecule has 1 amide bonds. The number of nitrogens with zero attached hydrogens (tertiary/aromatic N) is 1. The van der Waals surface area contributed by atoms with Gasteiger partial charge in [0.1, 0.15) is 17.7 Å². The van der Waals surface area contributed by atoms with Crippen molar-refractivity contribution in [1.82, 2.24) is 5.06 Å². The monoisotopic (exact) mass is 371 g/mol. The lowest BCUT2D eigenvalue weighted by Gasteiger charge is -2.59. The first-order chi connectivity index (χ1) is 11.2. The van der Waals surface area contributed by atoms with Crippen LogP contribution in [0.25, 0.3) is 0 Å². The van der Waals surface area contributed by atoms with Crippen LogP contribution in [-0.4, -0.2) is 59.8 Å². The van der Waals surface area contributed by atoms with E-state index in [1.807, 2.05) is 13.1 Å². The van der Waals surface area contributed by atoms with E-state index in [0.717, 1.165) is 0 Å². The Balaban J connectivity index is 1.96. The summed E-state index contributed by atoms with van der Waals surface area (Å²) in [7, 11) is -2.30. The average molecular weight is 372 g/mol. The lowest BCUT2D eigenvalue weighted by atomic mass is 9.68. The number of Topliss-reactive ketones (excluding diaryl/α,β-unsaturated/α-hetero) is 1. The molecule has 3 fully saturated rings. The predicted octanol–water partition coefficient (Wildman–Crippen LogP) is 1.75. The van der Waals surface area contributed by atoms with Crippen LogP contribution in [0.3, 0.4) is 0 Å². The van der Waals surface area contributed by atoms with Gasteiger partial charge in [0.25, 0.3) is 0 Å². The Hall–Kier alpha value is -0.803. The zero-order chi connectivity index (χ0) is 19.0. The summed E-state index contributed by atoms with van der Waals surface area (Å²) in [6.45, 7) is 13.8. The molecule has 3 rings (SSSR count). The minimum absolute atomic E-state index is 0.0642. The van der Waals surface area contributed by atoms with Crippen LogP contribution in [-0.2, 0) is 23.6 Å². The fourth-order valence-electron chi connectivity index (χ4n) is 3.53. The van der Waals surface area contributed by atoms with Crippen LogP contribution in [0.15, 0.2) is 0 Å². The molecular weight excluding hydrogens is 342 g/mol. The Labute approximate surface area is 149 Å². The standard InChI is InChI=1S/C17H29NO6Si/c1-15(2,3)25(6,7)24-18-12(21)9-17(18)11(20)8-10(19)13-14(17)23-16(4,5)22-13/h11,13-14,20H,8-9H2,1-7H3. The van der Waals surface area contributed by atoms with Crippen molar-refractivity contribution in [2.45, 2.75) is 95.2 Å². The summed E-state index contributed by atoms with van der Waals surface area (Å²) in [5.41, 5.74) is -1.06. The zero-order valence-electron chi connectivity index (χ0n) is 16.1. The van der Waals surface area contributed by atoms with E-state index in [9.17, 15) is 14.7 Å². The van der Waals surface area contributed by atoms with Gasteiger partial charge in [0.05, 0.1) is 12.5 Å². The number of aliphatic hydroxyl groups excluding tert-OH is 1. The van der Waals surface area contributed by atoms with Gasteiger partial charge < -0.3 is 19.1 Å². The number of carbonyl (C=O) groups excluding carboxylic acids is 2. The highest BCUT2D eigenvalue weighted by Crippen LogP contribution is 2.52. The summed E-state index contributed by atoms with van der Waals surface area (Å²) in [6.07, 6.45) is -2.50. The van der Waals surface area contributed by atoms with Crippen molar-refractivity contribution in [1.29, 1.82) is 0 Å². The van der Waals surface area contributed by atoms with Crippen LogP contribution in [0.1, 0.15) is 47.5 Å². The lowest BCUT2D eigenvalue weighted by molar-refractivity contribution is -0.276. The summed E-state index contributed by atoms with van der Waals surface area (Å²) in [5, 5.41) is 11.9. The van der Waals surface area contributed by atoms with Crippen molar-refractivity contribution in [3.63, 3.8) is 0 Å². The normalized spacial score (nSPS) is 38.1. The zero-order valence-corrected chi connectivity index (χ0v) is 17.1. The fourth-order valence-corrected chi connectivity index (χ4v) is 4.53. The summed E-state index contributed by atoms with van der Waals surface area (Å²) in [6, 6.07) is 0. The van der Waals surface area contributed by atoms with Gasteiger partial charge in [-0.25, -0.2) is 5.06 Å². The molecule has 4 atom stereocenters. The van der Waals surface area contributed by atoms with Crippen molar-refractivity contribution in [3.05, 3.63) is 0 Å². The van der Waals surface area contributed by atoms with Crippen LogP contribution in [0.5, 0.6) is 0 Å². The van der Waals surface area contributed by atoms with Crippen LogP contribution in [0, 0.1) is 0 Å². The second-order valence-corrected chi connectivity index (χ2v) is 14.1. The Bertz CT molecular complexity index is 613. The third kappa shape index (κ3) is 2.69. The smallest absolute Gasteiger partial charge is 0.248 e. The molecule has 8 heteroatoms. The number of fused-ring (bicyclic) bond motifs is 2. The number of ether oxygens (including phenoxy) is 2. The number of aliphatic hydroxyl groups is 1. The van der Waals surface area contributed by atoms with Crippen molar-refractivity contribution in [3.8, 4) is 0 Å². The van der Waals surface area contributed by atoms with E-state index >= 15 is 0 Å². The molecule has 142 valence electrons. The number of rotatable bonds is 2. The van der Waals surface area contributed by atoms with Crippen molar-refractivity contribution >= 4 is 20.0 Å². The number of ketones is 1. The van der Waals surface area contributed by atoms with Gasteiger partial charge in [-0.3, -0.25) is 9.59 Å². The maximum Gasteiger partial charge on any atom is 0.248 e. The van der Waals surface area contributed by atoms with Gasteiger partial charge in [-0.1, -0.05) is 20.8 Å². The summed E-state index contributed by atoms with van der Waals surface area (Å²) in [5.74, 6) is -1.32. The van der Waals surface area contributed by atoms with Crippen LogP contribution < -0.4 is 0 Å². The highest BCUT2D eigenvalue weighted by Gasteiger charge is 2.71. The Morgan fingerprint density at radius 1 is 1.24 bits per heavy atom.